The summed E-state index contributed by atoms with van der Waals surface area (Å²) in [5.41, 5.74) is 5.52. The van der Waals surface area contributed by atoms with Gasteiger partial charge in [-0.1, -0.05) is 72.0 Å². The Bertz CT molecular complexity index is 1660. The predicted octanol–water partition coefficient (Wildman–Crippen LogP) is 3.89. The quantitative estimate of drug-likeness (QED) is 0.393. The van der Waals surface area contributed by atoms with Gasteiger partial charge in [0, 0.05) is 24.0 Å². The van der Waals surface area contributed by atoms with Crippen LogP contribution in [-0.4, -0.2) is 21.7 Å². The van der Waals surface area contributed by atoms with Crippen LogP contribution in [0.2, 0.25) is 0 Å². The molecular formula is C29H27N3O3S. The molecule has 0 unspecified atom stereocenters. The lowest BCUT2D eigenvalue weighted by molar-refractivity contribution is -0.138. The molecule has 182 valence electrons. The third-order valence-corrected chi connectivity index (χ3v) is 7.57. The van der Waals surface area contributed by atoms with E-state index in [9.17, 15) is 9.59 Å². The number of fused-ring (bicyclic) bond motifs is 1. The maximum absolute atomic E-state index is 13.9. The molecule has 0 fully saturated rings. The van der Waals surface area contributed by atoms with Crippen LogP contribution in [0.3, 0.4) is 0 Å². The summed E-state index contributed by atoms with van der Waals surface area (Å²) in [7, 11) is 2.01. The topological polar surface area (TPSA) is 65.6 Å². The summed E-state index contributed by atoms with van der Waals surface area (Å²) in [6.45, 7) is 6.08. The van der Waals surface area contributed by atoms with Crippen molar-refractivity contribution in [1.29, 1.82) is 0 Å². The highest BCUT2D eigenvalue weighted by molar-refractivity contribution is 7.07. The maximum Gasteiger partial charge on any atom is 0.338 e. The lowest BCUT2D eigenvalue weighted by Crippen LogP contribution is -2.40. The SMILES string of the molecule is CCOC(=O)C1=C(c2ccccc2)N=c2s/c(=C/c3cc(C)n(C)c3C)c(=O)n2[C@@H]1c1ccccc1. The van der Waals surface area contributed by atoms with E-state index in [0.717, 1.165) is 28.1 Å². The van der Waals surface area contributed by atoms with Gasteiger partial charge in [-0.25, -0.2) is 9.79 Å². The standard InChI is InChI=1S/C29H27N3O3S/c1-5-35-28(34)24-25(20-12-8-6-9-13-20)30-29-32(26(24)21-14-10-7-11-15-21)27(33)23(36-29)17-22-16-18(2)31(4)19(22)3/h6-17,26H,5H2,1-4H3/b23-17+/t26-/m1/s1. The van der Waals surface area contributed by atoms with E-state index in [4.69, 9.17) is 9.73 Å². The van der Waals surface area contributed by atoms with E-state index in [0.29, 0.717) is 20.6 Å². The second-order valence-corrected chi connectivity index (χ2v) is 9.74. The minimum Gasteiger partial charge on any atom is -0.463 e. The summed E-state index contributed by atoms with van der Waals surface area (Å²) in [5.74, 6) is -0.474. The van der Waals surface area contributed by atoms with E-state index >= 15 is 0 Å². The Morgan fingerprint density at radius 3 is 2.36 bits per heavy atom. The maximum atomic E-state index is 13.9. The summed E-state index contributed by atoms with van der Waals surface area (Å²) in [6.07, 6.45) is 1.92. The first-order valence-corrected chi connectivity index (χ1v) is 12.7. The lowest BCUT2D eigenvalue weighted by Gasteiger charge is -2.25. The van der Waals surface area contributed by atoms with E-state index in [2.05, 4.69) is 10.6 Å². The van der Waals surface area contributed by atoms with Crippen LogP contribution < -0.4 is 14.9 Å². The van der Waals surface area contributed by atoms with Gasteiger partial charge in [-0.15, -0.1) is 0 Å². The third-order valence-electron chi connectivity index (χ3n) is 6.59. The van der Waals surface area contributed by atoms with Crippen molar-refractivity contribution in [3.8, 4) is 0 Å². The van der Waals surface area contributed by atoms with Crippen LogP contribution in [-0.2, 0) is 16.6 Å². The van der Waals surface area contributed by atoms with Crippen molar-refractivity contribution in [2.45, 2.75) is 26.8 Å². The van der Waals surface area contributed by atoms with Crippen LogP contribution in [0.15, 0.2) is 82.1 Å². The van der Waals surface area contributed by atoms with Crippen LogP contribution >= 0.6 is 11.3 Å². The number of ether oxygens (including phenoxy) is 1. The number of carbonyl (C=O) groups excluding carboxylic acids is 1. The molecule has 4 aromatic rings. The van der Waals surface area contributed by atoms with Gasteiger partial charge in [0.05, 0.1) is 28.5 Å². The Morgan fingerprint density at radius 2 is 1.75 bits per heavy atom. The highest BCUT2D eigenvalue weighted by atomic mass is 32.1. The molecule has 2 aromatic heterocycles. The number of aromatic nitrogens is 2. The van der Waals surface area contributed by atoms with Crippen LogP contribution in [0, 0.1) is 13.8 Å². The molecule has 0 saturated heterocycles. The molecule has 0 spiro atoms. The van der Waals surface area contributed by atoms with Crippen molar-refractivity contribution in [3.05, 3.63) is 120 Å². The smallest absolute Gasteiger partial charge is 0.338 e. The number of esters is 1. The normalized spacial score (nSPS) is 15.6. The largest absolute Gasteiger partial charge is 0.463 e. The average molecular weight is 498 g/mol. The average Bonchev–Trinajstić information content (AvgIpc) is 3.34. The van der Waals surface area contributed by atoms with Gasteiger partial charge in [0.1, 0.15) is 0 Å². The zero-order valence-electron chi connectivity index (χ0n) is 20.7. The minimum atomic E-state index is -0.655. The van der Waals surface area contributed by atoms with Gasteiger partial charge in [-0.05, 0) is 44.0 Å². The summed E-state index contributed by atoms with van der Waals surface area (Å²) in [5, 5.41) is 0. The summed E-state index contributed by atoms with van der Waals surface area (Å²) in [6, 6.07) is 20.6. The molecule has 0 saturated carbocycles. The van der Waals surface area contributed by atoms with Gasteiger partial charge < -0.3 is 9.30 Å². The molecule has 0 aliphatic carbocycles. The molecule has 0 bridgehead atoms. The zero-order valence-corrected chi connectivity index (χ0v) is 21.5. The second kappa shape index (κ2) is 9.59. The van der Waals surface area contributed by atoms with Gasteiger partial charge in [0.15, 0.2) is 4.80 Å². The fourth-order valence-electron chi connectivity index (χ4n) is 4.56. The molecule has 0 radical (unpaired) electrons. The molecule has 6 nitrogen and oxygen atoms in total. The zero-order chi connectivity index (χ0) is 25.4. The molecule has 5 rings (SSSR count). The van der Waals surface area contributed by atoms with Crippen molar-refractivity contribution in [2.75, 3.05) is 6.61 Å². The monoisotopic (exact) mass is 497 g/mol. The van der Waals surface area contributed by atoms with Crippen molar-refractivity contribution < 1.29 is 9.53 Å². The third kappa shape index (κ3) is 4.05. The molecule has 1 atom stereocenters. The number of hydrogen-bond donors (Lipinski definition) is 0. The molecule has 3 heterocycles. The number of carbonyl (C=O) groups is 1. The first-order chi connectivity index (χ1) is 17.4. The Hall–Kier alpha value is -3.97. The van der Waals surface area contributed by atoms with Crippen molar-refractivity contribution in [1.82, 2.24) is 9.13 Å². The number of nitrogens with zero attached hydrogens (tertiary/aromatic N) is 3. The summed E-state index contributed by atoms with van der Waals surface area (Å²) < 4.78 is 9.80. The summed E-state index contributed by atoms with van der Waals surface area (Å²) >= 11 is 1.34. The van der Waals surface area contributed by atoms with Crippen molar-refractivity contribution >= 4 is 29.1 Å². The molecule has 7 heteroatoms. The van der Waals surface area contributed by atoms with Crippen LogP contribution in [0.5, 0.6) is 0 Å². The van der Waals surface area contributed by atoms with E-state index in [1.165, 1.54) is 11.3 Å². The number of aryl methyl sites for hydroxylation is 1. The Labute approximate surface area is 213 Å². The van der Waals surface area contributed by atoms with Gasteiger partial charge in [-0.2, -0.15) is 0 Å². The molecule has 1 aliphatic heterocycles. The second-order valence-electron chi connectivity index (χ2n) is 8.73. The van der Waals surface area contributed by atoms with E-state index in [-0.39, 0.29) is 12.2 Å². The number of hydrogen-bond acceptors (Lipinski definition) is 5. The van der Waals surface area contributed by atoms with Gasteiger partial charge >= 0.3 is 5.97 Å². The molecular weight excluding hydrogens is 470 g/mol. The van der Waals surface area contributed by atoms with Crippen LogP contribution in [0.4, 0.5) is 0 Å². The first-order valence-electron chi connectivity index (χ1n) is 11.9. The fraction of sp³-hybridized carbons (Fsp3) is 0.207. The lowest BCUT2D eigenvalue weighted by atomic mass is 9.93. The highest BCUT2D eigenvalue weighted by Gasteiger charge is 2.35. The molecule has 1 aliphatic rings. The Balaban J connectivity index is 1.84. The fourth-order valence-corrected chi connectivity index (χ4v) is 5.55. The van der Waals surface area contributed by atoms with Gasteiger partial charge in [-0.3, -0.25) is 9.36 Å². The Kier molecular flexibility index (Phi) is 6.33. The van der Waals surface area contributed by atoms with E-state index in [1.807, 2.05) is 87.6 Å². The van der Waals surface area contributed by atoms with Gasteiger partial charge in [0.25, 0.3) is 5.56 Å². The number of benzene rings is 2. The summed E-state index contributed by atoms with van der Waals surface area (Å²) in [4.78, 5) is 32.7. The van der Waals surface area contributed by atoms with Crippen molar-refractivity contribution in [3.63, 3.8) is 0 Å². The first kappa shape index (κ1) is 23.8. The van der Waals surface area contributed by atoms with Gasteiger partial charge in [0.2, 0.25) is 0 Å². The van der Waals surface area contributed by atoms with E-state index in [1.54, 1.807) is 11.5 Å². The molecule has 0 amide bonds. The van der Waals surface area contributed by atoms with Crippen LogP contribution in [0.25, 0.3) is 11.8 Å². The van der Waals surface area contributed by atoms with Crippen molar-refractivity contribution in [2.24, 2.45) is 12.0 Å². The van der Waals surface area contributed by atoms with Crippen LogP contribution in [0.1, 0.15) is 41.0 Å². The highest BCUT2D eigenvalue weighted by Crippen LogP contribution is 2.35. The minimum absolute atomic E-state index is 0.178. The predicted molar refractivity (Wildman–Crippen MR) is 142 cm³/mol. The molecule has 0 N–H and O–H groups in total. The molecule has 36 heavy (non-hydrogen) atoms. The molecule has 2 aromatic carbocycles. The van der Waals surface area contributed by atoms with E-state index < -0.39 is 12.0 Å². The Morgan fingerprint density at radius 1 is 1.08 bits per heavy atom. The number of rotatable bonds is 5. The number of thiazole rings is 1.